The minimum atomic E-state index is 0. The van der Waals surface area contributed by atoms with E-state index < -0.39 is 0 Å². The van der Waals surface area contributed by atoms with E-state index in [2.05, 4.69) is 6.92 Å². The first-order valence-electron chi connectivity index (χ1n) is 0.707. The third-order valence-electron chi connectivity index (χ3n) is 0. The first-order chi connectivity index (χ1) is 1.00. The minimum Gasteiger partial charge on any atom is -0.147 e. The highest BCUT2D eigenvalue weighted by molar-refractivity contribution is 5.85. The van der Waals surface area contributed by atoms with Gasteiger partial charge in [0.1, 0.15) is 0 Å². The minimum absolute atomic E-state index is 0. The molecule has 0 nitrogen and oxygen atoms in total. The van der Waals surface area contributed by atoms with Gasteiger partial charge in [-0.05, 0) is 0 Å². The van der Waals surface area contributed by atoms with E-state index in [0.29, 0.717) is 0 Å². The van der Waals surface area contributed by atoms with Gasteiger partial charge in [0.25, 0.3) is 0 Å². The van der Waals surface area contributed by atoms with Crippen molar-refractivity contribution in [2.75, 3.05) is 0 Å². The summed E-state index contributed by atoms with van der Waals surface area (Å²) in [6.07, 6.45) is 0. The Hall–Kier alpha value is 0.580. The van der Waals surface area contributed by atoms with Crippen molar-refractivity contribution in [2.45, 2.75) is 6.92 Å². The van der Waals surface area contributed by atoms with Gasteiger partial charge < -0.3 is 0 Å². The van der Waals surface area contributed by atoms with Crippen LogP contribution in [0.2, 0.25) is 0 Å². The second kappa shape index (κ2) is 70.8. The van der Waals surface area contributed by atoms with Gasteiger partial charge in [0, 0.05) is 0 Å². The fourth-order valence-corrected chi connectivity index (χ4v) is 0. The fourth-order valence-electron chi connectivity index (χ4n) is 0. The van der Waals surface area contributed by atoms with Crippen molar-refractivity contribution >= 4 is 24.8 Å². The maximum Gasteiger partial charge on any atom is -0.0564 e. The van der Waals surface area contributed by atoms with Crippen LogP contribution in [0, 0.1) is 6.92 Å². The summed E-state index contributed by atoms with van der Waals surface area (Å²) < 4.78 is 0. The van der Waals surface area contributed by atoms with Crippen LogP contribution in [0.4, 0.5) is 0 Å². The van der Waals surface area contributed by atoms with Gasteiger partial charge in [-0.3, -0.25) is 0 Å². The molecule has 29 valence electrons. The van der Waals surface area contributed by atoms with Crippen molar-refractivity contribution in [1.82, 2.24) is 0 Å². The lowest BCUT2D eigenvalue weighted by molar-refractivity contribution is 1.81. The monoisotopic (exact) mass is 101 g/mol. The van der Waals surface area contributed by atoms with E-state index in [9.17, 15) is 0 Å². The van der Waals surface area contributed by atoms with Crippen molar-refractivity contribution in [3.63, 3.8) is 0 Å². The van der Waals surface area contributed by atoms with E-state index in [-0.39, 0.29) is 24.8 Å². The largest absolute Gasteiger partial charge is 0.147 e. The van der Waals surface area contributed by atoms with Gasteiger partial charge in [0.2, 0.25) is 0 Å². The Balaban J connectivity index is -0.00000000500. The van der Waals surface area contributed by atoms with Gasteiger partial charge in [-0.15, -0.1) is 24.8 Å². The summed E-state index contributed by atoms with van der Waals surface area (Å²) in [5.41, 5.74) is 0. The smallest absolute Gasteiger partial charge is 0.0564 e. The summed E-state index contributed by atoms with van der Waals surface area (Å²) in [6.45, 7) is 5.00. The Morgan fingerprint density at radius 1 is 1.00 bits per heavy atom. The predicted octanol–water partition coefficient (Wildman–Crippen LogP) is 1.68. The molecule has 0 bridgehead atoms. The molecule has 0 aliphatic carbocycles. The number of halogens is 2. The zero-order valence-electron chi connectivity index (χ0n) is 2.52. The van der Waals surface area contributed by atoms with E-state index >= 15 is 0 Å². The summed E-state index contributed by atoms with van der Waals surface area (Å²) in [7, 11) is 0. The molecule has 0 saturated carbocycles. The number of hydrogen-bond donors (Lipinski definition) is 0. The van der Waals surface area contributed by atoms with E-state index in [4.69, 9.17) is 0 Å². The lowest BCUT2D eigenvalue weighted by atomic mass is 11.0. The molecular formula is C2H7Cl2. The first kappa shape index (κ1) is 23.5. The van der Waals surface area contributed by atoms with Gasteiger partial charge >= 0.3 is 0 Å². The first-order valence-corrected chi connectivity index (χ1v) is 0.707. The average Bonchev–Trinajstić information content (AvgIpc) is 1.00. The molecule has 0 N–H and O–H groups in total. The second-order valence-corrected chi connectivity index (χ2v) is 0. The van der Waals surface area contributed by atoms with Gasteiger partial charge in [-0.1, -0.05) is 13.8 Å². The van der Waals surface area contributed by atoms with Gasteiger partial charge in [0.05, 0.1) is 0 Å². The molecule has 0 heterocycles. The maximum atomic E-state index is 3.25. The molecule has 1 radical (unpaired) electrons. The van der Waals surface area contributed by atoms with Crippen molar-refractivity contribution < 1.29 is 0 Å². The van der Waals surface area contributed by atoms with Crippen LogP contribution in [0.25, 0.3) is 0 Å². The molecule has 0 aliphatic heterocycles. The van der Waals surface area contributed by atoms with Crippen molar-refractivity contribution in [3.05, 3.63) is 6.92 Å². The Bertz CT molecular complexity index is 4.00. The van der Waals surface area contributed by atoms with E-state index in [1.165, 1.54) is 0 Å². The van der Waals surface area contributed by atoms with E-state index in [0.717, 1.165) is 0 Å². The summed E-state index contributed by atoms with van der Waals surface area (Å²) in [6, 6.07) is 0. The average molecular weight is 102 g/mol. The van der Waals surface area contributed by atoms with Crippen molar-refractivity contribution in [2.24, 2.45) is 0 Å². The van der Waals surface area contributed by atoms with Crippen molar-refractivity contribution in [3.8, 4) is 0 Å². The quantitative estimate of drug-likeness (QED) is 0.436. The lowest BCUT2D eigenvalue weighted by Crippen LogP contribution is -0.888. The molecule has 0 aromatic heterocycles. The van der Waals surface area contributed by atoms with Gasteiger partial charge in [-0.25, -0.2) is 0 Å². The molecular weight excluding hydrogens is 94.9 g/mol. The molecule has 0 aliphatic rings. The molecule has 0 aromatic rings. The highest BCUT2D eigenvalue weighted by Gasteiger charge is 0.939. The normalized spacial score (nSPS) is 1.50. The molecule has 0 spiro atoms. The second-order valence-electron chi connectivity index (χ2n) is 0. The molecule has 2 heteroatoms. The van der Waals surface area contributed by atoms with Crippen LogP contribution < -0.4 is 0 Å². The zero-order chi connectivity index (χ0) is 2.00. The zero-order valence-corrected chi connectivity index (χ0v) is 4.16. The third-order valence-corrected chi connectivity index (χ3v) is 0. The summed E-state index contributed by atoms with van der Waals surface area (Å²) in [5.74, 6) is 0. The third kappa shape index (κ3) is 19.1. The van der Waals surface area contributed by atoms with Crippen LogP contribution in [-0.4, -0.2) is 0 Å². The summed E-state index contributed by atoms with van der Waals surface area (Å²) >= 11 is 0. The molecule has 0 unspecified atom stereocenters. The molecule has 0 rings (SSSR count). The highest BCUT2D eigenvalue weighted by atomic mass is 35.5. The molecule has 0 fully saturated rings. The molecule has 0 atom stereocenters. The topological polar surface area (TPSA) is 0 Å². The van der Waals surface area contributed by atoms with Crippen molar-refractivity contribution in [1.29, 1.82) is 0 Å². The van der Waals surface area contributed by atoms with Crippen LogP contribution in [0.5, 0.6) is 0 Å². The molecule has 0 aromatic carbocycles. The summed E-state index contributed by atoms with van der Waals surface area (Å²) in [4.78, 5) is 0. The molecule has 0 saturated heterocycles. The van der Waals surface area contributed by atoms with Crippen LogP contribution in [0.1, 0.15) is 6.92 Å². The van der Waals surface area contributed by atoms with Crippen LogP contribution in [0.3, 0.4) is 0 Å². The fraction of sp³-hybridized carbons (Fsp3) is 0.500. The Morgan fingerprint density at radius 3 is 1.00 bits per heavy atom. The van der Waals surface area contributed by atoms with Crippen LogP contribution in [-0.2, 0) is 0 Å². The van der Waals surface area contributed by atoms with Crippen LogP contribution in [0.15, 0.2) is 0 Å². The molecule has 4 heavy (non-hydrogen) atoms. The van der Waals surface area contributed by atoms with Gasteiger partial charge in [-0.2, -0.15) is 0 Å². The standard InChI is InChI=1S/C2H5.2ClH/c1-2;;/h1H2,2H3;2*1H. The lowest BCUT2D eigenvalue weighted by Gasteiger charge is -1.06. The summed E-state index contributed by atoms with van der Waals surface area (Å²) in [5, 5.41) is 0. The Labute approximate surface area is 39.4 Å². The number of hydrogen-bond acceptors (Lipinski definition) is 0. The molecule has 0 amide bonds. The Kier molecular flexibility index (Phi) is 416. The number of rotatable bonds is 0. The Morgan fingerprint density at radius 2 is 1.00 bits per heavy atom. The van der Waals surface area contributed by atoms with Crippen LogP contribution >= 0.6 is 24.8 Å². The SMILES string of the molecule is Cl.Cl.[CH2]C. The highest BCUT2D eigenvalue weighted by Crippen LogP contribution is 1.11. The maximum absolute atomic E-state index is 3.25. The predicted molar refractivity (Wildman–Crippen MR) is 25.5 cm³/mol. The van der Waals surface area contributed by atoms with Gasteiger partial charge in [0.15, 0.2) is 0 Å². The van der Waals surface area contributed by atoms with E-state index in [1.807, 2.05) is 0 Å². The van der Waals surface area contributed by atoms with E-state index in [1.54, 1.807) is 6.92 Å².